The summed E-state index contributed by atoms with van der Waals surface area (Å²) >= 11 is 7.39. The Kier molecular flexibility index (Phi) is 6.40. The zero-order chi connectivity index (χ0) is 24.5. The van der Waals surface area contributed by atoms with Crippen molar-refractivity contribution in [2.75, 3.05) is 12.4 Å². The minimum Gasteiger partial charge on any atom is -0.496 e. The van der Waals surface area contributed by atoms with Gasteiger partial charge in [0.1, 0.15) is 11.4 Å². The van der Waals surface area contributed by atoms with E-state index in [9.17, 15) is 9.59 Å². The van der Waals surface area contributed by atoms with Gasteiger partial charge in [-0.05, 0) is 48.7 Å². The Bertz CT molecular complexity index is 1450. The fourth-order valence-corrected chi connectivity index (χ4v) is 5.26. The maximum atomic E-state index is 15.8. The van der Waals surface area contributed by atoms with Crippen LogP contribution in [0.3, 0.4) is 0 Å². The molecular formula is C26H21ClFN3O3S. The normalized spacial score (nSPS) is 12.9. The summed E-state index contributed by atoms with van der Waals surface area (Å²) in [5, 5.41) is 7.40. The van der Waals surface area contributed by atoms with Crippen LogP contribution in [0.2, 0.25) is 4.34 Å². The van der Waals surface area contributed by atoms with Crippen molar-refractivity contribution in [2.24, 2.45) is 0 Å². The molecule has 178 valence electrons. The molecule has 2 heterocycles. The van der Waals surface area contributed by atoms with Crippen molar-refractivity contribution in [1.29, 1.82) is 0 Å². The molecule has 1 aliphatic rings. The van der Waals surface area contributed by atoms with Gasteiger partial charge in [0.2, 0.25) is 0 Å². The van der Waals surface area contributed by atoms with Gasteiger partial charge in [-0.15, -0.1) is 11.3 Å². The highest BCUT2D eigenvalue weighted by atomic mass is 35.5. The number of ether oxygens (including phenoxy) is 1. The van der Waals surface area contributed by atoms with Crippen LogP contribution in [-0.2, 0) is 13.0 Å². The Morgan fingerprint density at radius 1 is 1.20 bits per heavy atom. The number of nitrogens with one attached hydrogen (secondary N) is 1. The Morgan fingerprint density at radius 2 is 2.03 bits per heavy atom. The molecule has 0 bridgehead atoms. The number of benzene rings is 2. The van der Waals surface area contributed by atoms with E-state index in [1.54, 1.807) is 48.5 Å². The minimum atomic E-state index is -0.655. The number of carbonyl (C=O) groups is 2. The molecule has 2 aromatic heterocycles. The van der Waals surface area contributed by atoms with Crippen LogP contribution >= 0.6 is 22.9 Å². The predicted octanol–water partition coefficient (Wildman–Crippen LogP) is 6.23. The summed E-state index contributed by atoms with van der Waals surface area (Å²) in [6, 6.07) is 15.5. The number of aromatic nitrogens is 2. The molecule has 0 saturated carbocycles. The maximum Gasteiger partial charge on any atom is 0.283 e. The molecule has 0 radical (unpaired) electrons. The van der Waals surface area contributed by atoms with Crippen LogP contribution in [0.5, 0.6) is 5.75 Å². The van der Waals surface area contributed by atoms with Gasteiger partial charge >= 0.3 is 0 Å². The SMILES string of the molecule is COc1ccccc1C(=O)n1nc(-c2ccc3c(c2)CCCC3=O)c(F)c1NCc1ccc(Cl)s1. The topological polar surface area (TPSA) is 73.2 Å². The number of carbonyl (C=O) groups excluding carboxylic acids is 2. The molecule has 2 aromatic carbocycles. The van der Waals surface area contributed by atoms with Crippen LogP contribution in [0.4, 0.5) is 10.2 Å². The van der Waals surface area contributed by atoms with Gasteiger partial charge in [0.25, 0.3) is 5.91 Å². The lowest BCUT2D eigenvalue weighted by Crippen LogP contribution is -2.18. The lowest BCUT2D eigenvalue weighted by Gasteiger charge is -2.15. The second-order valence-electron chi connectivity index (χ2n) is 8.14. The van der Waals surface area contributed by atoms with Gasteiger partial charge in [-0.3, -0.25) is 9.59 Å². The highest BCUT2D eigenvalue weighted by Gasteiger charge is 2.27. The second kappa shape index (κ2) is 9.64. The van der Waals surface area contributed by atoms with Gasteiger partial charge < -0.3 is 10.1 Å². The van der Waals surface area contributed by atoms with Gasteiger partial charge in [0.15, 0.2) is 17.4 Å². The number of hydrogen-bond acceptors (Lipinski definition) is 6. The van der Waals surface area contributed by atoms with Crippen molar-refractivity contribution in [3.05, 3.63) is 86.3 Å². The van der Waals surface area contributed by atoms with Crippen LogP contribution < -0.4 is 10.1 Å². The number of anilines is 1. The number of nitrogens with zero attached hydrogens (tertiary/aromatic N) is 2. The van der Waals surface area contributed by atoms with Gasteiger partial charge in [0, 0.05) is 22.4 Å². The van der Waals surface area contributed by atoms with Crippen LogP contribution in [-0.4, -0.2) is 28.6 Å². The van der Waals surface area contributed by atoms with E-state index in [-0.39, 0.29) is 29.4 Å². The van der Waals surface area contributed by atoms with Crippen molar-refractivity contribution in [2.45, 2.75) is 25.8 Å². The molecule has 0 atom stereocenters. The number of methoxy groups -OCH3 is 1. The number of aryl methyl sites for hydroxylation is 1. The smallest absolute Gasteiger partial charge is 0.283 e. The Balaban J connectivity index is 1.59. The molecule has 6 nitrogen and oxygen atoms in total. The highest BCUT2D eigenvalue weighted by molar-refractivity contribution is 7.16. The zero-order valence-corrected chi connectivity index (χ0v) is 20.4. The van der Waals surface area contributed by atoms with Crippen LogP contribution in [0, 0.1) is 5.82 Å². The van der Waals surface area contributed by atoms with E-state index >= 15 is 4.39 Å². The molecule has 0 saturated heterocycles. The highest BCUT2D eigenvalue weighted by Crippen LogP contribution is 2.33. The average Bonchev–Trinajstić information content (AvgIpc) is 3.44. The van der Waals surface area contributed by atoms with Gasteiger partial charge in [-0.25, -0.2) is 4.39 Å². The molecule has 9 heteroatoms. The molecular weight excluding hydrogens is 489 g/mol. The summed E-state index contributed by atoms with van der Waals surface area (Å²) in [6.07, 6.45) is 2.01. The largest absolute Gasteiger partial charge is 0.496 e. The van der Waals surface area contributed by atoms with Crippen molar-refractivity contribution < 1.29 is 18.7 Å². The Labute approximate surface area is 210 Å². The van der Waals surface area contributed by atoms with Crippen molar-refractivity contribution in [1.82, 2.24) is 9.78 Å². The fraction of sp³-hybridized carbons (Fsp3) is 0.192. The summed E-state index contributed by atoms with van der Waals surface area (Å²) in [7, 11) is 1.47. The van der Waals surface area contributed by atoms with Gasteiger partial charge in [0.05, 0.1) is 23.6 Å². The lowest BCUT2D eigenvalue weighted by molar-refractivity contribution is 0.0942. The van der Waals surface area contributed by atoms with Crippen LogP contribution in [0.25, 0.3) is 11.3 Å². The first kappa shape index (κ1) is 23.3. The molecule has 35 heavy (non-hydrogen) atoms. The van der Waals surface area contributed by atoms with E-state index < -0.39 is 11.7 Å². The molecule has 0 unspecified atom stereocenters. The van der Waals surface area contributed by atoms with E-state index in [0.717, 1.165) is 28.0 Å². The molecule has 1 aliphatic carbocycles. The van der Waals surface area contributed by atoms with Crippen LogP contribution in [0.15, 0.2) is 54.6 Å². The molecule has 1 N–H and O–H groups in total. The molecule has 5 rings (SSSR count). The van der Waals surface area contributed by atoms with E-state index in [1.165, 1.54) is 18.4 Å². The van der Waals surface area contributed by atoms with Gasteiger partial charge in [-0.2, -0.15) is 9.78 Å². The summed E-state index contributed by atoms with van der Waals surface area (Å²) in [4.78, 5) is 26.6. The number of Topliss-reactive ketones (excluding diaryl/α,β-unsaturated/α-hetero) is 1. The third-order valence-corrected chi connectivity index (χ3v) is 7.18. The monoisotopic (exact) mass is 509 g/mol. The maximum absolute atomic E-state index is 15.8. The first-order chi connectivity index (χ1) is 17.0. The van der Waals surface area contributed by atoms with E-state index in [2.05, 4.69) is 10.4 Å². The number of fused-ring (bicyclic) bond motifs is 1. The number of rotatable bonds is 6. The average molecular weight is 510 g/mol. The summed E-state index contributed by atoms with van der Waals surface area (Å²) in [6.45, 7) is 0.261. The number of hydrogen-bond donors (Lipinski definition) is 1. The number of halogens is 2. The van der Waals surface area contributed by atoms with E-state index in [1.807, 2.05) is 6.07 Å². The third kappa shape index (κ3) is 4.47. The number of ketones is 1. The van der Waals surface area contributed by atoms with E-state index in [4.69, 9.17) is 16.3 Å². The van der Waals surface area contributed by atoms with Crippen LogP contribution in [0.1, 0.15) is 44.0 Å². The minimum absolute atomic E-state index is 0.0285. The number of thiophene rings is 1. The van der Waals surface area contributed by atoms with Crippen molar-refractivity contribution in [3.8, 4) is 17.0 Å². The molecule has 0 aliphatic heterocycles. The standard InChI is InChI=1S/C26H21ClFN3O3S/c1-34-21-8-3-2-6-19(21)26(33)31-25(29-14-17-10-12-22(27)35-17)23(28)24(30-31)16-9-11-18-15(13-16)5-4-7-20(18)32/h2-3,6,8-13,29H,4-5,7,14H2,1H3. The molecule has 0 fully saturated rings. The summed E-state index contributed by atoms with van der Waals surface area (Å²) in [5.74, 6) is -0.801. The van der Waals surface area contributed by atoms with Gasteiger partial charge in [-0.1, -0.05) is 35.9 Å². The quantitative estimate of drug-likeness (QED) is 0.333. The molecule has 0 spiro atoms. The second-order valence-corrected chi connectivity index (χ2v) is 9.94. The molecule has 4 aromatic rings. The lowest BCUT2D eigenvalue weighted by atomic mass is 9.89. The fourth-order valence-electron chi connectivity index (χ4n) is 4.23. The summed E-state index contributed by atoms with van der Waals surface area (Å²) in [5.41, 5.74) is 2.32. The Hall–Kier alpha value is -3.49. The molecule has 0 amide bonds. The van der Waals surface area contributed by atoms with Crippen molar-refractivity contribution in [3.63, 3.8) is 0 Å². The third-order valence-electron chi connectivity index (χ3n) is 5.95. The summed E-state index contributed by atoms with van der Waals surface area (Å²) < 4.78 is 22.8. The number of para-hydroxylation sites is 1. The first-order valence-corrected chi connectivity index (χ1v) is 12.3. The predicted molar refractivity (Wildman–Crippen MR) is 134 cm³/mol. The van der Waals surface area contributed by atoms with Crippen molar-refractivity contribution >= 4 is 40.4 Å². The zero-order valence-electron chi connectivity index (χ0n) is 18.8. The first-order valence-electron chi connectivity index (χ1n) is 11.1. The van der Waals surface area contributed by atoms with E-state index in [0.29, 0.717) is 27.6 Å². The Morgan fingerprint density at radius 3 is 2.80 bits per heavy atom.